The number of nitro benzene ring substituents is 1. The lowest BCUT2D eigenvalue weighted by Gasteiger charge is -2.08. The standard InChI is InChI=1S/C21H23N5O3/c27-21(7-3-12-22-19-5-1-2-6-20(19)26(28)29)23-15-17-8-10-18(11-9-17)16-25-14-4-13-24-25/h1-2,4-6,8-11,13-14,22H,3,7,12,15-16H2,(H,23,27). The summed E-state index contributed by atoms with van der Waals surface area (Å²) >= 11 is 0. The molecule has 1 heterocycles. The maximum atomic E-state index is 12.0. The third kappa shape index (κ3) is 6.17. The van der Waals surface area contributed by atoms with Gasteiger partial charge in [-0.25, -0.2) is 0 Å². The number of nitrogens with one attached hydrogen (secondary N) is 2. The van der Waals surface area contributed by atoms with Gasteiger partial charge in [0.1, 0.15) is 5.69 Å². The van der Waals surface area contributed by atoms with Crippen molar-refractivity contribution in [2.75, 3.05) is 11.9 Å². The first-order valence-corrected chi connectivity index (χ1v) is 9.41. The largest absolute Gasteiger partial charge is 0.379 e. The molecule has 0 fully saturated rings. The van der Waals surface area contributed by atoms with Crippen LogP contribution in [0.4, 0.5) is 11.4 Å². The van der Waals surface area contributed by atoms with Crippen LogP contribution < -0.4 is 10.6 Å². The Morgan fingerprint density at radius 2 is 1.83 bits per heavy atom. The van der Waals surface area contributed by atoms with E-state index in [0.29, 0.717) is 38.2 Å². The number of para-hydroxylation sites is 2. The van der Waals surface area contributed by atoms with Crippen molar-refractivity contribution >= 4 is 17.3 Å². The zero-order chi connectivity index (χ0) is 20.5. The van der Waals surface area contributed by atoms with Crippen LogP contribution in [0.5, 0.6) is 0 Å². The Balaban J connectivity index is 1.36. The van der Waals surface area contributed by atoms with E-state index in [-0.39, 0.29) is 11.6 Å². The number of hydrogen-bond donors (Lipinski definition) is 2. The zero-order valence-electron chi connectivity index (χ0n) is 16.0. The summed E-state index contributed by atoms with van der Waals surface area (Å²) in [5, 5.41) is 21.1. The fourth-order valence-corrected chi connectivity index (χ4v) is 2.89. The molecule has 8 heteroatoms. The fraction of sp³-hybridized carbons (Fsp3) is 0.238. The van der Waals surface area contributed by atoms with Gasteiger partial charge in [-0.3, -0.25) is 19.6 Å². The fourth-order valence-electron chi connectivity index (χ4n) is 2.89. The van der Waals surface area contributed by atoms with Crippen LogP contribution in [-0.4, -0.2) is 27.2 Å². The predicted octanol–water partition coefficient (Wildman–Crippen LogP) is 3.35. The highest BCUT2D eigenvalue weighted by Gasteiger charge is 2.11. The quantitative estimate of drug-likeness (QED) is 0.312. The number of benzene rings is 2. The molecular weight excluding hydrogens is 370 g/mol. The number of carbonyl (C=O) groups excluding carboxylic acids is 1. The first kappa shape index (κ1) is 20.1. The van der Waals surface area contributed by atoms with E-state index in [4.69, 9.17) is 0 Å². The number of carbonyl (C=O) groups is 1. The highest BCUT2D eigenvalue weighted by Crippen LogP contribution is 2.22. The Labute approximate surface area is 168 Å². The summed E-state index contributed by atoms with van der Waals surface area (Å²) in [6.45, 7) is 1.67. The lowest BCUT2D eigenvalue weighted by Crippen LogP contribution is -2.23. The van der Waals surface area contributed by atoms with E-state index in [1.165, 1.54) is 6.07 Å². The van der Waals surface area contributed by atoms with Crippen LogP contribution >= 0.6 is 0 Å². The summed E-state index contributed by atoms with van der Waals surface area (Å²) in [4.78, 5) is 22.6. The average Bonchev–Trinajstić information content (AvgIpc) is 3.24. The predicted molar refractivity (Wildman–Crippen MR) is 110 cm³/mol. The van der Waals surface area contributed by atoms with Crippen LogP contribution in [0.15, 0.2) is 67.0 Å². The molecule has 0 radical (unpaired) electrons. The van der Waals surface area contributed by atoms with Crippen molar-refractivity contribution in [1.82, 2.24) is 15.1 Å². The number of nitrogens with zero attached hydrogens (tertiary/aromatic N) is 3. The molecular formula is C21H23N5O3. The summed E-state index contributed by atoms with van der Waals surface area (Å²) in [5.41, 5.74) is 2.67. The summed E-state index contributed by atoms with van der Waals surface area (Å²) in [5.74, 6) is -0.0463. The second-order valence-electron chi connectivity index (χ2n) is 6.60. The molecule has 29 heavy (non-hydrogen) atoms. The minimum absolute atomic E-state index is 0.0351. The van der Waals surface area contributed by atoms with Crippen LogP contribution in [-0.2, 0) is 17.9 Å². The molecule has 3 rings (SSSR count). The molecule has 3 aromatic rings. The van der Waals surface area contributed by atoms with Gasteiger partial charge in [-0.15, -0.1) is 0 Å². The minimum atomic E-state index is -0.421. The van der Waals surface area contributed by atoms with E-state index in [9.17, 15) is 14.9 Å². The van der Waals surface area contributed by atoms with E-state index >= 15 is 0 Å². The van der Waals surface area contributed by atoms with E-state index in [1.807, 2.05) is 41.2 Å². The minimum Gasteiger partial charge on any atom is -0.379 e. The van der Waals surface area contributed by atoms with Crippen molar-refractivity contribution in [3.05, 3.63) is 88.2 Å². The van der Waals surface area contributed by atoms with Gasteiger partial charge in [-0.05, 0) is 29.7 Å². The van der Waals surface area contributed by atoms with Gasteiger partial charge >= 0.3 is 0 Å². The van der Waals surface area contributed by atoms with Crippen LogP contribution in [0.1, 0.15) is 24.0 Å². The third-order valence-electron chi connectivity index (χ3n) is 4.41. The van der Waals surface area contributed by atoms with E-state index in [2.05, 4.69) is 15.7 Å². The van der Waals surface area contributed by atoms with Crippen molar-refractivity contribution in [3.63, 3.8) is 0 Å². The molecule has 0 aliphatic rings. The monoisotopic (exact) mass is 393 g/mol. The van der Waals surface area contributed by atoms with Crippen molar-refractivity contribution in [2.45, 2.75) is 25.9 Å². The van der Waals surface area contributed by atoms with Crippen molar-refractivity contribution in [1.29, 1.82) is 0 Å². The lowest BCUT2D eigenvalue weighted by molar-refractivity contribution is -0.384. The molecule has 1 amide bonds. The molecule has 0 aliphatic heterocycles. The van der Waals surface area contributed by atoms with Gasteiger partial charge in [-0.1, -0.05) is 36.4 Å². The number of hydrogen-bond acceptors (Lipinski definition) is 5. The van der Waals surface area contributed by atoms with Crippen LogP contribution in [0.3, 0.4) is 0 Å². The van der Waals surface area contributed by atoms with Gasteiger partial charge in [0.05, 0.1) is 11.5 Å². The van der Waals surface area contributed by atoms with E-state index in [0.717, 1.165) is 11.1 Å². The first-order chi connectivity index (χ1) is 14.1. The van der Waals surface area contributed by atoms with Crippen LogP contribution in [0.2, 0.25) is 0 Å². The third-order valence-corrected chi connectivity index (χ3v) is 4.41. The van der Waals surface area contributed by atoms with Gasteiger partial charge < -0.3 is 10.6 Å². The lowest BCUT2D eigenvalue weighted by atomic mass is 10.1. The molecule has 0 saturated carbocycles. The van der Waals surface area contributed by atoms with Crippen molar-refractivity contribution < 1.29 is 9.72 Å². The Morgan fingerprint density at radius 3 is 2.55 bits per heavy atom. The first-order valence-electron chi connectivity index (χ1n) is 9.41. The second kappa shape index (κ2) is 10.0. The number of anilines is 1. The highest BCUT2D eigenvalue weighted by atomic mass is 16.6. The molecule has 0 unspecified atom stereocenters. The van der Waals surface area contributed by atoms with Gasteiger partial charge in [0.2, 0.25) is 5.91 Å². The average molecular weight is 393 g/mol. The van der Waals surface area contributed by atoms with Crippen LogP contribution in [0.25, 0.3) is 0 Å². The van der Waals surface area contributed by atoms with E-state index in [1.54, 1.807) is 24.4 Å². The number of rotatable bonds is 10. The summed E-state index contributed by atoms with van der Waals surface area (Å²) < 4.78 is 1.86. The topological polar surface area (TPSA) is 102 Å². The van der Waals surface area contributed by atoms with Gasteiger partial charge in [-0.2, -0.15) is 5.10 Å². The molecule has 0 bridgehead atoms. The molecule has 0 saturated heterocycles. The van der Waals surface area contributed by atoms with E-state index < -0.39 is 4.92 Å². The van der Waals surface area contributed by atoms with Crippen LogP contribution in [0, 0.1) is 10.1 Å². The Morgan fingerprint density at radius 1 is 1.07 bits per heavy atom. The number of amides is 1. The smallest absolute Gasteiger partial charge is 0.292 e. The molecule has 0 spiro atoms. The normalized spacial score (nSPS) is 10.5. The number of aromatic nitrogens is 2. The molecule has 150 valence electrons. The molecule has 2 aromatic carbocycles. The Kier molecular flexibility index (Phi) is 6.94. The Hall–Kier alpha value is -3.68. The summed E-state index contributed by atoms with van der Waals surface area (Å²) in [6.07, 6.45) is 4.60. The van der Waals surface area contributed by atoms with Crippen molar-refractivity contribution in [3.8, 4) is 0 Å². The molecule has 2 N–H and O–H groups in total. The van der Waals surface area contributed by atoms with Gasteiger partial charge in [0.15, 0.2) is 0 Å². The summed E-state index contributed by atoms with van der Waals surface area (Å²) in [6, 6.07) is 16.4. The maximum absolute atomic E-state index is 12.0. The van der Waals surface area contributed by atoms with Crippen molar-refractivity contribution in [2.24, 2.45) is 0 Å². The molecule has 8 nitrogen and oxygen atoms in total. The molecule has 0 atom stereocenters. The molecule has 0 aliphatic carbocycles. The number of nitro groups is 1. The van der Waals surface area contributed by atoms with Gasteiger partial charge in [0, 0.05) is 38.0 Å². The SMILES string of the molecule is O=C(CCCNc1ccccc1[N+](=O)[O-])NCc1ccc(Cn2cccn2)cc1. The summed E-state index contributed by atoms with van der Waals surface area (Å²) in [7, 11) is 0. The van der Waals surface area contributed by atoms with Gasteiger partial charge in [0.25, 0.3) is 5.69 Å². The highest BCUT2D eigenvalue weighted by molar-refractivity contribution is 5.75. The Bertz CT molecular complexity index is 939. The zero-order valence-corrected chi connectivity index (χ0v) is 16.0. The maximum Gasteiger partial charge on any atom is 0.292 e. The second-order valence-corrected chi connectivity index (χ2v) is 6.60. The molecule has 1 aromatic heterocycles.